The van der Waals surface area contributed by atoms with Crippen LogP contribution in [0.1, 0.15) is 41.5 Å². The Bertz CT molecular complexity index is 131. The monoisotopic (exact) mass is 154 g/mol. The van der Waals surface area contributed by atoms with Gasteiger partial charge in [-0.2, -0.15) is 0 Å². The molecular formula is C11H22. The van der Waals surface area contributed by atoms with E-state index in [1.165, 1.54) is 0 Å². The SMILES string of the molecule is CC1C(C)C(C(C)(C)C)C1C. The fourth-order valence-corrected chi connectivity index (χ4v) is 3.04. The summed E-state index contributed by atoms with van der Waals surface area (Å²) in [5, 5.41) is 0. The third kappa shape index (κ3) is 1.32. The summed E-state index contributed by atoms with van der Waals surface area (Å²) in [6.45, 7) is 14.3. The average Bonchev–Trinajstić information content (AvgIpc) is 1.85. The summed E-state index contributed by atoms with van der Waals surface area (Å²) >= 11 is 0. The largest absolute Gasteiger partial charge is 0.0620 e. The van der Waals surface area contributed by atoms with Gasteiger partial charge in [0, 0.05) is 0 Å². The van der Waals surface area contributed by atoms with Crippen LogP contribution < -0.4 is 0 Å². The summed E-state index contributed by atoms with van der Waals surface area (Å²) in [5.41, 5.74) is 0.519. The Hall–Kier alpha value is 0. The van der Waals surface area contributed by atoms with Crippen molar-refractivity contribution in [1.82, 2.24) is 0 Å². The third-order valence-corrected chi connectivity index (χ3v) is 3.79. The summed E-state index contributed by atoms with van der Waals surface area (Å²) in [5.74, 6) is 3.76. The zero-order valence-corrected chi connectivity index (χ0v) is 8.81. The third-order valence-electron chi connectivity index (χ3n) is 3.79. The number of rotatable bonds is 0. The predicted molar refractivity (Wildman–Crippen MR) is 50.4 cm³/mol. The molecule has 0 heteroatoms. The van der Waals surface area contributed by atoms with Gasteiger partial charge >= 0.3 is 0 Å². The molecule has 1 saturated carbocycles. The van der Waals surface area contributed by atoms with Gasteiger partial charge in [-0.15, -0.1) is 0 Å². The summed E-state index contributed by atoms with van der Waals surface area (Å²) in [6.07, 6.45) is 0. The van der Waals surface area contributed by atoms with Crippen LogP contribution in [0.3, 0.4) is 0 Å². The Morgan fingerprint density at radius 2 is 1.09 bits per heavy atom. The van der Waals surface area contributed by atoms with Gasteiger partial charge in [0.15, 0.2) is 0 Å². The lowest BCUT2D eigenvalue weighted by Gasteiger charge is -2.54. The van der Waals surface area contributed by atoms with Crippen LogP contribution in [0.2, 0.25) is 0 Å². The van der Waals surface area contributed by atoms with Crippen molar-refractivity contribution in [2.75, 3.05) is 0 Å². The lowest BCUT2D eigenvalue weighted by molar-refractivity contribution is -0.0583. The Balaban J connectivity index is 2.63. The zero-order valence-electron chi connectivity index (χ0n) is 8.81. The molecule has 0 aromatic carbocycles. The maximum absolute atomic E-state index is 2.40. The highest BCUT2D eigenvalue weighted by Crippen LogP contribution is 2.53. The average molecular weight is 154 g/mol. The van der Waals surface area contributed by atoms with Crippen LogP contribution in [0.5, 0.6) is 0 Å². The second-order valence-corrected chi connectivity index (χ2v) is 5.47. The maximum Gasteiger partial charge on any atom is -0.0309 e. The van der Waals surface area contributed by atoms with E-state index in [-0.39, 0.29) is 0 Å². The number of hydrogen-bond donors (Lipinski definition) is 0. The second kappa shape index (κ2) is 2.50. The molecule has 0 saturated heterocycles. The summed E-state index contributed by atoms with van der Waals surface area (Å²) < 4.78 is 0. The van der Waals surface area contributed by atoms with Gasteiger partial charge in [-0.3, -0.25) is 0 Å². The molecule has 0 aliphatic heterocycles. The fourth-order valence-electron chi connectivity index (χ4n) is 3.04. The van der Waals surface area contributed by atoms with Gasteiger partial charge in [0.1, 0.15) is 0 Å². The highest BCUT2D eigenvalue weighted by molar-refractivity contribution is 4.95. The van der Waals surface area contributed by atoms with E-state index in [1.54, 1.807) is 0 Å². The first-order valence-electron chi connectivity index (χ1n) is 4.85. The molecular weight excluding hydrogens is 132 g/mol. The zero-order chi connectivity index (χ0) is 8.81. The van der Waals surface area contributed by atoms with Crippen LogP contribution in [0.4, 0.5) is 0 Å². The molecule has 0 N–H and O–H groups in total. The molecule has 0 bridgehead atoms. The van der Waals surface area contributed by atoms with E-state index in [0.29, 0.717) is 5.41 Å². The van der Waals surface area contributed by atoms with Crippen molar-refractivity contribution in [1.29, 1.82) is 0 Å². The van der Waals surface area contributed by atoms with Crippen LogP contribution in [0, 0.1) is 29.1 Å². The molecule has 0 aromatic heterocycles. The molecule has 1 fully saturated rings. The fraction of sp³-hybridized carbons (Fsp3) is 1.00. The van der Waals surface area contributed by atoms with Crippen LogP contribution >= 0.6 is 0 Å². The van der Waals surface area contributed by atoms with Gasteiger partial charge in [-0.05, 0) is 29.1 Å². The van der Waals surface area contributed by atoms with Gasteiger partial charge < -0.3 is 0 Å². The lowest BCUT2D eigenvalue weighted by Crippen LogP contribution is -2.48. The number of hydrogen-bond acceptors (Lipinski definition) is 0. The molecule has 0 spiro atoms. The van der Waals surface area contributed by atoms with E-state index >= 15 is 0 Å². The minimum atomic E-state index is 0.519. The molecule has 2 atom stereocenters. The Morgan fingerprint density at radius 1 is 0.727 bits per heavy atom. The van der Waals surface area contributed by atoms with Crippen molar-refractivity contribution in [2.24, 2.45) is 29.1 Å². The Morgan fingerprint density at radius 3 is 1.27 bits per heavy atom. The van der Waals surface area contributed by atoms with E-state index in [9.17, 15) is 0 Å². The van der Waals surface area contributed by atoms with Gasteiger partial charge in [0.05, 0.1) is 0 Å². The van der Waals surface area contributed by atoms with E-state index in [2.05, 4.69) is 41.5 Å². The van der Waals surface area contributed by atoms with Gasteiger partial charge in [0.2, 0.25) is 0 Å². The minimum Gasteiger partial charge on any atom is -0.0620 e. The topological polar surface area (TPSA) is 0 Å². The quantitative estimate of drug-likeness (QED) is 0.500. The molecule has 0 aromatic rings. The first kappa shape index (κ1) is 9.09. The van der Waals surface area contributed by atoms with E-state index in [0.717, 1.165) is 23.7 Å². The van der Waals surface area contributed by atoms with Crippen molar-refractivity contribution in [2.45, 2.75) is 41.5 Å². The van der Waals surface area contributed by atoms with Crippen molar-refractivity contribution < 1.29 is 0 Å². The Labute approximate surface area is 71.4 Å². The molecule has 0 heterocycles. The predicted octanol–water partition coefficient (Wildman–Crippen LogP) is 3.57. The smallest absolute Gasteiger partial charge is 0.0309 e. The van der Waals surface area contributed by atoms with Crippen LogP contribution in [-0.2, 0) is 0 Å². The molecule has 0 radical (unpaired) electrons. The summed E-state index contributed by atoms with van der Waals surface area (Å²) in [4.78, 5) is 0. The first-order chi connectivity index (χ1) is 4.85. The molecule has 0 nitrogen and oxygen atoms in total. The van der Waals surface area contributed by atoms with Crippen molar-refractivity contribution in [3.05, 3.63) is 0 Å². The van der Waals surface area contributed by atoms with Crippen LogP contribution in [0.25, 0.3) is 0 Å². The van der Waals surface area contributed by atoms with Gasteiger partial charge in [0.25, 0.3) is 0 Å². The summed E-state index contributed by atoms with van der Waals surface area (Å²) in [6, 6.07) is 0. The van der Waals surface area contributed by atoms with Crippen LogP contribution in [0.15, 0.2) is 0 Å². The van der Waals surface area contributed by atoms with Crippen LogP contribution in [-0.4, -0.2) is 0 Å². The molecule has 66 valence electrons. The highest BCUT2D eigenvalue weighted by Gasteiger charge is 2.47. The van der Waals surface area contributed by atoms with E-state index in [4.69, 9.17) is 0 Å². The minimum absolute atomic E-state index is 0.519. The van der Waals surface area contributed by atoms with Crippen molar-refractivity contribution in [3.63, 3.8) is 0 Å². The molecule has 0 amide bonds. The van der Waals surface area contributed by atoms with Crippen molar-refractivity contribution >= 4 is 0 Å². The van der Waals surface area contributed by atoms with Gasteiger partial charge in [-0.25, -0.2) is 0 Å². The van der Waals surface area contributed by atoms with E-state index < -0.39 is 0 Å². The second-order valence-electron chi connectivity index (χ2n) is 5.47. The normalized spacial score (nSPS) is 45.3. The lowest BCUT2D eigenvalue weighted by atomic mass is 9.51. The summed E-state index contributed by atoms with van der Waals surface area (Å²) in [7, 11) is 0. The molecule has 1 rings (SSSR count). The molecule has 1 aliphatic carbocycles. The molecule has 1 aliphatic rings. The maximum atomic E-state index is 2.40. The van der Waals surface area contributed by atoms with Gasteiger partial charge in [-0.1, -0.05) is 41.5 Å². The Kier molecular flexibility index (Phi) is 2.07. The molecule has 11 heavy (non-hydrogen) atoms. The van der Waals surface area contributed by atoms with E-state index in [1.807, 2.05) is 0 Å². The first-order valence-corrected chi connectivity index (χ1v) is 4.85. The standard InChI is InChI=1S/C11H22/c1-7-8(2)10(9(7)3)11(4,5)6/h7-10H,1-6H3. The highest BCUT2D eigenvalue weighted by atomic mass is 14.5. The van der Waals surface area contributed by atoms with Crippen molar-refractivity contribution in [3.8, 4) is 0 Å². The molecule has 2 unspecified atom stereocenters.